The Bertz CT molecular complexity index is 985. The van der Waals surface area contributed by atoms with Crippen molar-refractivity contribution in [2.75, 3.05) is 14.2 Å². The van der Waals surface area contributed by atoms with E-state index in [2.05, 4.69) is 6.07 Å². The number of carbonyl (C=O) groups excluding carboxylic acids is 1. The van der Waals surface area contributed by atoms with Gasteiger partial charge in [0.2, 0.25) is 0 Å². The van der Waals surface area contributed by atoms with E-state index in [-0.39, 0.29) is 0 Å². The van der Waals surface area contributed by atoms with E-state index >= 15 is 0 Å². The van der Waals surface area contributed by atoms with Gasteiger partial charge in [0.05, 0.1) is 20.3 Å². The van der Waals surface area contributed by atoms with Gasteiger partial charge >= 0.3 is 0 Å². The van der Waals surface area contributed by atoms with Crippen molar-refractivity contribution in [3.05, 3.63) is 70.3 Å². The number of nitriles is 1. The zero-order valence-corrected chi connectivity index (χ0v) is 16.2. The van der Waals surface area contributed by atoms with Crippen molar-refractivity contribution in [3.63, 3.8) is 0 Å². The maximum atomic E-state index is 11.3. The van der Waals surface area contributed by atoms with Crippen LogP contribution in [0.3, 0.4) is 0 Å². The molecule has 0 fully saturated rings. The minimum atomic E-state index is -0.654. The van der Waals surface area contributed by atoms with Crippen LogP contribution in [0.4, 0.5) is 0 Å². The molecule has 0 radical (unpaired) electrons. The number of hydrogen-bond acceptors (Lipinski definition) is 5. The molecule has 6 heteroatoms. The van der Waals surface area contributed by atoms with Crippen LogP contribution in [0.25, 0.3) is 11.6 Å². The number of carbonyl (C=O) groups is 1. The molecule has 144 valence electrons. The fraction of sp³-hybridized carbons (Fsp3) is 0.182. The van der Waals surface area contributed by atoms with Crippen LogP contribution >= 0.6 is 0 Å². The fourth-order valence-electron chi connectivity index (χ4n) is 2.83. The van der Waals surface area contributed by atoms with E-state index in [1.165, 1.54) is 25.3 Å². The summed E-state index contributed by atoms with van der Waals surface area (Å²) in [5.41, 5.74) is 6.59. The summed E-state index contributed by atoms with van der Waals surface area (Å²) in [6.45, 7) is 3.97. The van der Waals surface area contributed by atoms with Crippen LogP contribution in [0.1, 0.15) is 27.8 Å². The van der Waals surface area contributed by atoms with Gasteiger partial charge in [-0.3, -0.25) is 10.0 Å². The highest BCUT2D eigenvalue weighted by molar-refractivity contribution is 5.92. The summed E-state index contributed by atoms with van der Waals surface area (Å²) in [4.78, 5) is 11.3. The first-order valence-corrected chi connectivity index (χ1v) is 8.51. The Labute approximate surface area is 164 Å². The summed E-state index contributed by atoms with van der Waals surface area (Å²) in [6.07, 6.45) is 4.19. The first-order chi connectivity index (χ1) is 13.4. The number of hydroxylamine groups is 1. The van der Waals surface area contributed by atoms with Crippen LogP contribution in [-0.4, -0.2) is 25.3 Å². The molecule has 0 aromatic heterocycles. The maximum absolute atomic E-state index is 11.3. The van der Waals surface area contributed by atoms with E-state index in [0.29, 0.717) is 16.9 Å². The summed E-state index contributed by atoms with van der Waals surface area (Å²) in [7, 11) is 3.14. The molecule has 0 spiro atoms. The Morgan fingerprint density at radius 1 is 1.11 bits per heavy atom. The number of nitrogens with zero attached hydrogens (tertiary/aromatic N) is 1. The van der Waals surface area contributed by atoms with E-state index in [1.54, 1.807) is 18.7 Å². The second kappa shape index (κ2) is 9.40. The van der Waals surface area contributed by atoms with Crippen molar-refractivity contribution in [2.45, 2.75) is 13.8 Å². The van der Waals surface area contributed by atoms with Gasteiger partial charge in [-0.25, -0.2) is 5.48 Å². The van der Waals surface area contributed by atoms with E-state index in [9.17, 15) is 10.1 Å². The number of rotatable bonds is 6. The number of nitrogens with one attached hydrogen (secondary N) is 1. The van der Waals surface area contributed by atoms with E-state index < -0.39 is 5.91 Å². The Balaban J connectivity index is 2.61. The summed E-state index contributed by atoms with van der Waals surface area (Å²) in [5.74, 6) is 0.644. The lowest BCUT2D eigenvalue weighted by Gasteiger charge is -2.15. The van der Waals surface area contributed by atoms with Crippen LogP contribution in [0.5, 0.6) is 11.5 Å². The lowest BCUT2D eigenvalue weighted by atomic mass is 9.93. The highest BCUT2D eigenvalue weighted by Gasteiger charge is 2.12. The normalized spacial score (nSPS) is 11.2. The van der Waals surface area contributed by atoms with Gasteiger partial charge in [0.1, 0.15) is 11.5 Å². The van der Waals surface area contributed by atoms with Crippen LogP contribution in [-0.2, 0) is 4.79 Å². The van der Waals surface area contributed by atoms with Gasteiger partial charge < -0.3 is 9.47 Å². The first kappa shape index (κ1) is 20.7. The SMILES string of the molecule is COc1ccc(C(=CC#N)c2cc(C)c(C)c(OC)c2)cc1/C=C/C(=O)NO. The quantitative estimate of drug-likeness (QED) is 0.345. The zero-order valence-electron chi connectivity index (χ0n) is 16.2. The minimum Gasteiger partial charge on any atom is -0.496 e. The molecule has 28 heavy (non-hydrogen) atoms. The van der Waals surface area contributed by atoms with Crippen LogP contribution in [0.2, 0.25) is 0 Å². The summed E-state index contributed by atoms with van der Waals surface area (Å²) in [5, 5.41) is 18.0. The topological polar surface area (TPSA) is 91.6 Å². The van der Waals surface area contributed by atoms with Gasteiger partial charge in [-0.05, 0) is 65.9 Å². The van der Waals surface area contributed by atoms with E-state index in [0.717, 1.165) is 28.0 Å². The molecule has 0 saturated carbocycles. The lowest BCUT2D eigenvalue weighted by molar-refractivity contribution is -0.124. The highest BCUT2D eigenvalue weighted by Crippen LogP contribution is 2.33. The third-order valence-corrected chi connectivity index (χ3v) is 4.42. The minimum absolute atomic E-state index is 0.555. The number of methoxy groups -OCH3 is 2. The average molecular weight is 378 g/mol. The van der Waals surface area contributed by atoms with Crippen molar-refractivity contribution in [1.82, 2.24) is 5.48 Å². The molecule has 6 nitrogen and oxygen atoms in total. The highest BCUT2D eigenvalue weighted by atomic mass is 16.5. The van der Waals surface area contributed by atoms with Gasteiger partial charge in [0.25, 0.3) is 5.91 Å². The molecular weight excluding hydrogens is 356 g/mol. The molecule has 0 saturated heterocycles. The zero-order chi connectivity index (χ0) is 20.7. The summed E-state index contributed by atoms with van der Waals surface area (Å²) in [6, 6.07) is 11.4. The fourth-order valence-corrected chi connectivity index (χ4v) is 2.83. The molecule has 1 amide bonds. The van der Waals surface area contributed by atoms with Crippen molar-refractivity contribution in [1.29, 1.82) is 5.26 Å². The van der Waals surface area contributed by atoms with Crippen molar-refractivity contribution in [2.24, 2.45) is 0 Å². The number of benzene rings is 2. The first-order valence-electron chi connectivity index (χ1n) is 8.51. The standard InChI is InChI=1S/C22H22N2O4/c1-14-11-18(13-21(28-4)15(14)2)19(9-10-23)16-5-7-20(27-3)17(12-16)6-8-22(25)24-26/h5-9,11-13,26H,1-4H3,(H,24,25)/b8-6+,19-9?. The van der Waals surface area contributed by atoms with E-state index in [4.69, 9.17) is 14.7 Å². The molecule has 0 heterocycles. The van der Waals surface area contributed by atoms with Crippen LogP contribution < -0.4 is 15.0 Å². The molecule has 0 bridgehead atoms. The molecule has 0 unspecified atom stereocenters. The summed E-state index contributed by atoms with van der Waals surface area (Å²) >= 11 is 0. The molecule has 2 aromatic carbocycles. The average Bonchev–Trinajstić information content (AvgIpc) is 2.71. The molecular formula is C22H22N2O4. The predicted molar refractivity (Wildman–Crippen MR) is 107 cm³/mol. The third kappa shape index (κ3) is 4.58. The Morgan fingerprint density at radius 2 is 1.82 bits per heavy atom. The second-order valence-electron chi connectivity index (χ2n) is 6.07. The van der Waals surface area contributed by atoms with Gasteiger partial charge in [0, 0.05) is 17.7 Å². The van der Waals surface area contributed by atoms with Gasteiger partial charge in [-0.2, -0.15) is 5.26 Å². The molecule has 2 N–H and O–H groups in total. The molecule has 0 aliphatic carbocycles. The van der Waals surface area contributed by atoms with E-state index in [1.807, 2.05) is 38.1 Å². The Kier molecular flexibility index (Phi) is 6.96. The lowest BCUT2D eigenvalue weighted by Crippen LogP contribution is -2.14. The molecule has 2 rings (SSSR count). The van der Waals surface area contributed by atoms with Gasteiger partial charge in [-0.1, -0.05) is 12.1 Å². The molecule has 0 atom stereocenters. The van der Waals surface area contributed by atoms with Gasteiger partial charge in [0.15, 0.2) is 0 Å². The monoisotopic (exact) mass is 378 g/mol. The number of hydrogen-bond donors (Lipinski definition) is 2. The van der Waals surface area contributed by atoms with Crippen molar-refractivity contribution in [3.8, 4) is 17.6 Å². The van der Waals surface area contributed by atoms with Gasteiger partial charge in [-0.15, -0.1) is 0 Å². The largest absolute Gasteiger partial charge is 0.496 e. The predicted octanol–water partition coefficient (Wildman–Crippen LogP) is 3.79. The van der Waals surface area contributed by atoms with Crippen molar-refractivity contribution < 1.29 is 19.5 Å². The summed E-state index contributed by atoms with van der Waals surface area (Å²) < 4.78 is 10.8. The Hall–Kier alpha value is -3.56. The second-order valence-corrected chi connectivity index (χ2v) is 6.07. The molecule has 0 aliphatic heterocycles. The number of allylic oxidation sites excluding steroid dienone is 1. The maximum Gasteiger partial charge on any atom is 0.267 e. The Morgan fingerprint density at radius 3 is 2.43 bits per heavy atom. The van der Waals surface area contributed by atoms with Crippen LogP contribution in [0, 0.1) is 25.2 Å². The molecule has 2 aromatic rings. The third-order valence-electron chi connectivity index (χ3n) is 4.42. The molecule has 0 aliphatic rings. The van der Waals surface area contributed by atoms with Crippen molar-refractivity contribution >= 4 is 17.6 Å². The number of amides is 1. The number of ether oxygens (including phenoxy) is 2. The number of aryl methyl sites for hydroxylation is 1. The smallest absolute Gasteiger partial charge is 0.267 e. The van der Waals surface area contributed by atoms with Crippen LogP contribution in [0.15, 0.2) is 42.5 Å².